The Balaban J connectivity index is 2.02. The largest absolute Gasteiger partial charge is 0.381 e. The first-order chi connectivity index (χ1) is 9.59. The summed E-state index contributed by atoms with van der Waals surface area (Å²) in [7, 11) is 0. The summed E-state index contributed by atoms with van der Waals surface area (Å²) >= 11 is 1.41. The number of Topliss-reactive ketones (excluding diaryl/α,β-unsaturated/α-hetero) is 1. The minimum absolute atomic E-state index is 0.0374. The smallest absolute Gasteiger partial charge is 0.220 e. The Bertz CT molecular complexity index is 401. The quantitative estimate of drug-likeness (QED) is 0.533. The molecule has 0 aliphatic heterocycles. The maximum atomic E-state index is 11.7. The van der Waals surface area contributed by atoms with Gasteiger partial charge in [0, 0.05) is 32.6 Å². The first-order valence-electron chi connectivity index (χ1n) is 7.00. The Hall–Kier alpha value is -1.20. The van der Waals surface area contributed by atoms with E-state index in [1.807, 2.05) is 11.4 Å². The lowest BCUT2D eigenvalue weighted by Crippen LogP contribution is -2.25. The van der Waals surface area contributed by atoms with Crippen LogP contribution in [0.25, 0.3) is 0 Å². The molecule has 1 aromatic heterocycles. The van der Waals surface area contributed by atoms with E-state index >= 15 is 0 Å². The fourth-order valence-corrected chi connectivity index (χ4v) is 2.29. The summed E-state index contributed by atoms with van der Waals surface area (Å²) in [5, 5.41) is 4.67. The molecule has 4 nitrogen and oxygen atoms in total. The number of carbonyl (C=O) groups excluding carboxylic acids is 2. The Morgan fingerprint density at radius 1 is 1.35 bits per heavy atom. The van der Waals surface area contributed by atoms with Crippen molar-refractivity contribution in [3.8, 4) is 0 Å². The van der Waals surface area contributed by atoms with Gasteiger partial charge in [-0.05, 0) is 23.8 Å². The van der Waals surface area contributed by atoms with Gasteiger partial charge in [0.15, 0.2) is 5.78 Å². The molecule has 0 saturated carbocycles. The van der Waals surface area contributed by atoms with Crippen LogP contribution in [0.2, 0.25) is 0 Å². The second kappa shape index (κ2) is 9.66. The van der Waals surface area contributed by atoms with E-state index in [0.717, 1.165) is 17.9 Å². The Kier molecular flexibility index (Phi) is 8.14. The first kappa shape index (κ1) is 16.9. The van der Waals surface area contributed by atoms with Crippen LogP contribution in [0.15, 0.2) is 17.5 Å². The maximum Gasteiger partial charge on any atom is 0.220 e. The van der Waals surface area contributed by atoms with Crippen molar-refractivity contribution in [1.82, 2.24) is 5.32 Å². The average molecular weight is 297 g/mol. The highest BCUT2D eigenvalue weighted by molar-refractivity contribution is 7.12. The maximum absolute atomic E-state index is 11.7. The van der Waals surface area contributed by atoms with Gasteiger partial charge in [-0.25, -0.2) is 0 Å². The third-order valence-corrected chi connectivity index (χ3v) is 3.52. The summed E-state index contributed by atoms with van der Waals surface area (Å²) in [5.41, 5.74) is 0. The molecule has 0 atom stereocenters. The number of ketones is 1. The molecule has 0 bridgehead atoms. The van der Waals surface area contributed by atoms with Crippen molar-refractivity contribution in [2.24, 2.45) is 5.92 Å². The van der Waals surface area contributed by atoms with Crippen molar-refractivity contribution in [1.29, 1.82) is 0 Å². The van der Waals surface area contributed by atoms with Crippen molar-refractivity contribution in [2.45, 2.75) is 33.1 Å². The molecular formula is C15H23NO3S. The number of hydrogen-bond donors (Lipinski definition) is 1. The van der Waals surface area contributed by atoms with Crippen LogP contribution < -0.4 is 5.32 Å². The summed E-state index contributed by atoms with van der Waals surface area (Å²) in [5.74, 6) is 0.502. The Morgan fingerprint density at radius 2 is 2.15 bits per heavy atom. The third kappa shape index (κ3) is 7.40. The van der Waals surface area contributed by atoms with Crippen LogP contribution in [-0.4, -0.2) is 31.4 Å². The minimum atomic E-state index is -0.0706. The molecule has 5 heteroatoms. The summed E-state index contributed by atoms with van der Waals surface area (Å²) in [6.45, 7) is 6.22. The van der Waals surface area contributed by atoms with E-state index in [9.17, 15) is 9.59 Å². The van der Waals surface area contributed by atoms with Crippen LogP contribution in [0.3, 0.4) is 0 Å². The molecule has 0 saturated heterocycles. The van der Waals surface area contributed by atoms with Crippen LogP contribution in [0, 0.1) is 5.92 Å². The van der Waals surface area contributed by atoms with Gasteiger partial charge < -0.3 is 10.1 Å². The van der Waals surface area contributed by atoms with E-state index in [-0.39, 0.29) is 24.5 Å². The molecule has 1 aromatic rings. The van der Waals surface area contributed by atoms with Gasteiger partial charge in [-0.2, -0.15) is 0 Å². The van der Waals surface area contributed by atoms with Gasteiger partial charge in [-0.15, -0.1) is 11.3 Å². The van der Waals surface area contributed by atoms with Gasteiger partial charge in [0.1, 0.15) is 0 Å². The van der Waals surface area contributed by atoms with Crippen LogP contribution in [0.5, 0.6) is 0 Å². The first-order valence-corrected chi connectivity index (χ1v) is 7.88. The number of ether oxygens (including phenoxy) is 1. The SMILES string of the molecule is CC(C)COCCCNC(=O)CCC(=O)c1cccs1. The van der Waals surface area contributed by atoms with E-state index in [4.69, 9.17) is 4.74 Å². The van der Waals surface area contributed by atoms with Gasteiger partial charge in [-0.3, -0.25) is 9.59 Å². The van der Waals surface area contributed by atoms with Crippen LogP contribution in [-0.2, 0) is 9.53 Å². The number of hydrogen-bond acceptors (Lipinski definition) is 4. The molecule has 0 radical (unpaired) electrons. The van der Waals surface area contributed by atoms with Crippen molar-refractivity contribution < 1.29 is 14.3 Å². The van der Waals surface area contributed by atoms with Crippen LogP contribution in [0.4, 0.5) is 0 Å². The lowest BCUT2D eigenvalue weighted by Gasteiger charge is -2.07. The molecule has 0 aliphatic carbocycles. The zero-order valence-corrected chi connectivity index (χ0v) is 13.0. The van der Waals surface area contributed by atoms with E-state index in [0.29, 0.717) is 19.1 Å². The summed E-state index contributed by atoms with van der Waals surface area (Å²) in [6.07, 6.45) is 1.33. The average Bonchev–Trinajstić information content (AvgIpc) is 2.93. The fraction of sp³-hybridized carbons (Fsp3) is 0.600. The van der Waals surface area contributed by atoms with Crippen molar-refractivity contribution in [2.75, 3.05) is 19.8 Å². The molecule has 1 heterocycles. The zero-order valence-electron chi connectivity index (χ0n) is 12.2. The summed E-state index contributed by atoms with van der Waals surface area (Å²) in [6, 6.07) is 3.63. The minimum Gasteiger partial charge on any atom is -0.381 e. The van der Waals surface area contributed by atoms with Crippen LogP contribution in [0.1, 0.15) is 42.8 Å². The second-order valence-corrected chi connectivity index (χ2v) is 6.02. The predicted molar refractivity (Wildman–Crippen MR) is 81.2 cm³/mol. The van der Waals surface area contributed by atoms with Gasteiger partial charge in [0.05, 0.1) is 4.88 Å². The van der Waals surface area contributed by atoms with E-state index in [2.05, 4.69) is 19.2 Å². The Labute approximate surface area is 124 Å². The highest BCUT2D eigenvalue weighted by Crippen LogP contribution is 2.12. The molecule has 0 spiro atoms. The standard InChI is InChI=1S/C15H23NO3S/c1-12(2)11-19-9-4-8-16-15(18)7-6-13(17)14-5-3-10-20-14/h3,5,10,12H,4,6-9,11H2,1-2H3,(H,16,18). The van der Waals surface area contributed by atoms with Gasteiger partial charge >= 0.3 is 0 Å². The summed E-state index contributed by atoms with van der Waals surface area (Å²) in [4.78, 5) is 24.0. The van der Waals surface area contributed by atoms with Gasteiger partial charge in [0.25, 0.3) is 0 Å². The second-order valence-electron chi connectivity index (χ2n) is 5.07. The zero-order chi connectivity index (χ0) is 14.8. The topological polar surface area (TPSA) is 55.4 Å². The molecule has 112 valence electrons. The van der Waals surface area contributed by atoms with Crippen molar-refractivity contribution in [3.63, 3.8) is 0 Å². The number of amides is 1. The molecule has 0 aliphatic rings. The molecule has 0 aromatic carbocycles. The molecule has 1 N–H and O–H groups in total. The molecule has 20 heavy (non-hydrogen) atoms. The van der Waals surface area contributed by atoms with E-state index in [1.54, 1.807) is 6.07 Å². The van der Waals surface area contributed by atoms with Crippen LogP contribution >= 0.6 is 11.3 Å². The highest BCUT2D eigenvalue weighted by Gasteiger charge is 2.09. The van der Waals surface area contributed by atoms with Gasteiger partial charge in [-0.1, -0.05) is 19.9 Å². The molecule has 0 unspecified atom stereocenters. The lowest BCUT2D eigenvalue weighted by atomic mass is 10.2. The van der Waals surface area contributed by atoms with Crippen molar-refractivity contribution >= 4 is 23.0 Å². The molecule has 0 fully saturated rings. The monoisotopic (exact) mass is 297 g/mol. The number of thiophene rings is 1. The van der Waals surface area contributed by atoms with E-state index in [1.165, 1.54) is 11.3 Å². The fourth-order valence-electron chi connectivity index (χ4n) is 1.60. The Morgan fingerprint density at radius 3 is 2.80 bits per heavy atom. The number of carbonyl (C=O) groups is 2. The molecule has 1 amide bonds. The number of rotatable bonds is 10. The molecule has 1 rings (SSSR count). The highest BCUT2D eigenvalue weighted by atomic mass is 32.1. The normalized spacial score (nSPS) is 10.8. The molecular weight excluding hydrogens is 274 g/mol. The van der Waals surface area contributed by atoms with E-state index < -0.39 is 0 Å². The van der Waals surface area contributed by atoms with Gasteiger partial charge in [0.2, 0.25) is 5.91 Å². The van der Waals surface area contributed by atoms with Crippen molar-refractivity contribution in [3.05, 3.63) is 22.4 Å². The predicted octanol–water partition coefficient (Wildman–Crippen LogP) is 2.89. The lowest BCUT2D eigenvalue weighted by molar-refractivity contribution is -0.121. The summed E-state index contributed by atoms with van der Waals surface area (Å²) < 4.78 is 5.42. The number of nitrogens with one attached hydrogen (secondary N) is 1. The third-order valence-electron chi connectivity index (χ3n) is 2.61.